The number of rotatable bonds is 4. The van der Waals surface area contributed by atoms with Crippen molar-refractivity contribution in [2.45, 2.75) is 18.0 Å². The maximum Gasteiger partial charge on any atom is 0.417 e. The van der Waals surface area contributed by atoms with Crippen LogP contribution in [0.3, 0.4) is 0 Å². The molecule has 0 atom stereocenters. The van der Waals surface area contributed by atoms with Gasteiger partial charge in [0.15, 0.2) is 0 Å². The van der Waals surface area contributed by atoms with E-state index in [1.54, 1.807) is 6.92 Å². The van der Waals surface area contributed by atoms with E-state index in [4.69, 9.17) is 11.6 Å². The number of hydrogen-bond acceptors (Lipinski definition) is 3. The summed E-state index contributed by atoms with van der Waals surface area (Å²) in [5.41, 5.74) is -0.769. The Hall–Kier alpha value is -2.26. The summed E-state index contributed by atoms with van der Waals surface area (Å²) in [5.74, 6) is -0.481. The van der Waals surface area contributed by atoms with Gasteiger partial charge in [0, 0.05) is 18.3 Å². The SMILES string of the molecule is CNC(=O)c1cc(S(=O)(=O)Nc2ccc(Cl)c(C(F)(F)F)c2)ccc1C. The highest BCUT2D eigenvalue weighted by molar-refractivity contribution is 7.92. The standard InChI is InChI=1S/C16H14ClF3N2O3S/c1-9-3-5-11(8-12(9)15(23)21-2)26(24,25)22-10-4-6-14(17)13(7-10)16(18,19)20/h3-8,22H,1-2H3,(H,21,23). The minimum atomic E-state index is -4.73. The fourth-order valence-electron chi connectivity index (χ4n) is 2.17. The summed E-state index contributed by atoms with van der Waals surface area (Å²) in [5, 5.41) is 1.84. The van der Waals surface area contributed by atoms with Crippen molar-refractivity contribution < 1.29 is 26.4 Å². The molecule has 2 aromatic carbocycles. The van der Waals surface area contributed by atoms with Crippen LogP contribution in [0.25, 0.3) is 0 Å². The third kappa shape index (κ3) is 4.28. The lowest BCUT2D eigenvalue weighted by molar-refractivity contribution is -0.137. The number of sulfonamides is 1. The lowest BCUT2D eigenvalue weighted by Gasteiger charge is -2.13. The third-order valence-corrected chi connectivity index (χ3v) is 5.22. The molecule has 140 valence electrons. The Labute approximate surface area is 153 Å². The van der Waals surface area contributed by atoms with Gasteiger partial charge in [0.2, 0.25) is 0 Å². The topological polar surface area (TPSA) is 75.3 Å². The van der Waals surface area contributed by atoms with Crippen LogP contribution in [0.5, 0.6) is 0 Å². The highest BCUT2D eigenvalue weighted by Gasteiger charge is 2.33. The molecule has 1 amide bonds. The van der Waals surface area contributed by atoms with Gasteiger partial charge in [-0.05, 0) is 42.8 Å². The number of aryl methyl sites for hydroxylation is 1. The fraction of sp³-hybridized carbons (Fsp3) is 0.188. The molecule has 2 aromatic rings. The number of carbonyl (C=O) groups is 1. The zero-order valence-corrected chi connectivity index (χ0v) is 15.2. The number of hydrogen-bond donors (Lipinski definition) is 2. The summed E-state index contributed by atoms with van der Waals surface area (Å²) in [7, 11) is -2.81. The highest BCUT2D eigenvalue weighted by Crippen LogP contribution is 2.36. The molecular formula is C16H14ClF3N2O3S. The number of nitrogens with one attached hydrogen (secondary N) is 2. The van der Waals surface area contributed by atoms with Gasteiger partial charge in [0.1, 0.15) is 0 Å². The van der Waals surface area contributed by atoms with Crippen LogP contribution in [0.15, 0.2) is 41.3 Å². The largest absolute Gasteiger partial charge is 0.417 e. The maximum absolute atomic E-state index is 12.9. The molecule has 0 aromatic heterocycles. The molecule has 0 aliphatic heterocycles. The summed E-state index contributed by atoms with van der Waals surface area (Å²) in [6.45, 7) is 1.63. The number of halogens is 4. The van der Waals surface area contributed by atoms with Crippen molar-refractivity contribution in [2.75, 3.05) is 11.8 Å². The van der Waals surface area contributed by atoms with Crippen LogP contribution < -0.4 is 10.0 Å². The normalized spacial score (nSPS) is 11.9. The van der Waals surface area contributed by atoms with Crippen molar-refractivity contribution in [2.24, 2.45) is 0 Å². The highest BCUT2D eigenvalue weighted by atomic mass is 35.5. The smallest absolute Gasteiger partial charge is 0.355 e. The molecule has 0 heterocycles. The molecule has 2 rings (SSSR count). The monoisotopic (exact) mass is 406 g/mol. The van der Waals surface area contributed by atoms with Gasteiger partial charge in [-0.1, -0.05) is 17.7 Å². The lowest BCUT2D eigenvalue weighted by Crippen LogP contribution is -2.20. The van der Waals surface area contributed by atoms with Gasteiger partial charge < -0.3 is 5.32 Å². The maximum atomic E-state index is 12.9. The second-order valence-electron chi connectivity index (χ2n) is 5.35. The Morgan fingerprint density at radius 1 is 1.12 bits per heavy atom. The number of anilines is 1. The van der Waals surface area contributed by atoms with Crippen LogP contribution in [0.1, 0.15) is 21.5 Å². The molecule has 0 saturated heterocycles. The second kappa shape index (κ2) is 7.16. The molecule has 0 saturated carbocycles. The Bertz CT molecular complexity index is 960. The van der Waals surface area contributed by atoms with Crippen molar-refractivity contribution in [3.8, 4) is 0 Å². The molecule has 2 N–H and O–H groups in total. The molecule has 5 nitrogen and oxygen atoms in total. The van der Waals surface area contributed by atoms with Crippen molar-refractivity contribution in [1.29, 1.82) is 0 Å². The van der Waals surface area contributed by atoms with Crippen LogP contribution >= 0.6 is 11.6 Å². The van der Waals surface area contributed by atoms with Crippen LogP contribution in [-0.4, -0.2) is 21.4 Å². The Morgan fingerprint density at radius 2 is 1.77 bits per heavy atom. The Morgan fingerprint density at radius 3 is 2.35 bits per heavy atom. The first-order valence-electron chi connectivity index (χ1n) is 7.18. The molecule has 0 fully saturated rings. The predicted octanol–water partition coefficient (Wildman–Crippen LogP) is 3.83. The van der Waals surface area contributed by atoms with Gasteiger partial charge in [-0.3, -0.25) is 9.52 Å². The second-order valence-corrected chi connectivity index (χ2v) is 7.44. The molecule has 0 aliphatic carbocycles. The number of alkyl halides is 3. The summed E-state index contributed by atoms with van der Waals surface area (Å²) in [6, 6.07) is 6.51. The van der Waals surface area contributed by atoms with Crippen molar-refractivity contribution >= 4 is 33.2 Å². The van der Waals surface area contributed by atoms with E-state index >= 15 is 0 Å². The zero-order chi connectivity index (χ0) is 19.7. The molecule has 26 heavy (non-hydrogen) atoms. The Kier molecular flexibility index (Phi) is 5.52. The first-order valence-corrected chi connectivity index (χ1v) is 9.04. The predicted molar refractivity (Wildman–Crippen MR) is 91.8 cm³/mol. The number of benzene rings is 2. The van der Waals surface area contributed by atoms with E-state index < -0.39 is 32.7 Å². The zero-order valence-electron chi connectivity index (χ0n) is 13.6. The summed E-state index contributed by atoms with van der Waals surface area (Å²) in [4.78, 5) is 11.5. The van der Waals surface area contributed by atoms with Crippen molar-refractivity contribution in [1.82, 2.24) is 5.32 Å². The van der Waals surface area contributed by atoms with E-state index in [9.17, 15) is 26.4 Å². The van der Waals surface area contributed by atoms with E-state index in [2.05, 4.69) is 10.0 Å². The van der Waals surface area contributed by atoms with E-state index in [-0.39, 0.29) is 16.1 Å². The summed E-state index contributed by atoms with van der Waals surface area (Å²) >= 11 is 5.52. The molecule has 0 spiro atoms. The van der Waals surface area contributed by atoms with Crippen LogP contribution in [0.2, 0.25) is 5.02 Å². The van der Waals surface area contributed by atoms with E-state index in [1.807, 2.05) is 0 Å². The number of amides is 1. The first kappa shape index (κ1) is 20.1. The first-order chi connectivity index (χ1) is 12.0. The summed E-state index contributed by atoms with van der Waals surface area (Å²) in [6.07, 6.45) is -4.73. The van der Waals surface area contributed by atoms with Gasteiger partial charge in [-0.25, -0.2) is 8.42 Å². The minimum absolute atomic E-state index is 0.141. The molecule has 0 radical (unpaired) electrons. The van der Waals surface area contributed by atoms with Gasteiger partial charge >= 0.3 is 6.18 Å². The molecular weight excluding hydrogens is 393 g/mol. The summed E-state index contributed by atoms with van der Waals surface area (Å²) < 4.78 is 65.7. The van der Waals surface area contributed by atoms with Gasteiger partial charge in [-0.2, -0.15) is 13.2 Å². The quantitative estimate of drug-likeness (QED) is 0.810. The van der Waals surface area contributed by atoms with Crippen LogP contribution in [0.4, 0.5) is 18.9 Å². The lowest BCUT2D eigenvalue weighted by atomic mass is 10.1. The van der Waals surface area contributed by atoms with E-state index in [0.29, 0.717) is 11.6 Å². The molecule has 10 heteroatoms. The molecule has 0 bridgehead atoms. The van der Waals surface area contributed by atoms with Gasteiger partial charge in [0.05, 0.1) is 15.5 Å². The number of carbonyl (C=O) groups excluding carboxylic acids is 1. The van der Waals surface area contributed by atoms with Crippen molar-refractivity contribution in [3.63, 3.8) is 0 Å². The average Bonchev–Trinajstić information content (AvgIpc) is 2.55. The fourth-order valence-corrected chi connectivity index (χ4v) is 3.47. The minimum Gasteiger partial charge on any atom is -0.355 e. The van der Waals surface area contributed by atoms with Gasteiger partial charge in [-0.15, -0.1) is 0 Å². The van der Waals surface area contributed by atoms with E-state index in [0.717, 1.165) is 18.2 Å². The average molecular weight is 407 g/mol. The molecule has 0 unspecified atom stereocenters. The molecule has 0 aliphatic rings. The van der Waals surface area contributed by atoms with Gasteiger partial charge in [0.25, 0.3) is 15.9 Å². The van der Waals surface area contributed by atoms with Crippen molar-refractivity contribution in [3.05, 3.63) is 58.1 Å². The van der Waals surface area contributed by atoms with E-state index in [1.165, 1.54) is 19.2 Å². The van der Waals surface area contributed by atoms with Crippen LogP contribution in [0, 0.1) is 6.92 Å². The van der Waals surface area contributed by atoms with Crippen LogP contribution in [-0.2, 0) is 16.2 Å². The Balaban J connectivity index is 2.43. The third-order valence-electron chi connectivity index (χ3n) is 3.52.